The molecule has 156 valence electrons. The number of nitrogens with zero attached hydrogens (tertiary/aromatic N) is 1. The Morgan fingerprint density at radius 1 is 1.07 bits per heavy atom. The number of nitrogens with one attached hydrogen (secondary N) is 1. The van der Waals surface area contributed by atoms with Crippen LogP contribution in [0.15, 0.2) is 12.1 Å². The van der Waals surface area contributed by atoms with E-state index in [1.807, 2.05) is 0 Å². The van der Waals surface area contributed by atoms with Crippen molar-refractivity contribution in [3.8, 4) is 17.2 Å². The molecule has 1 aromatic rings. The molecular weight excluding hydrogens is 364 g/mol. The van der Waals surface area contributed by atoms with Crippen molar-refractivity contribution in [2.24, 2.45) is 5.92 Å². The molecule has 1 N–H and O–H groups in total. The van der Waals surface area contributed by atoms with E-state index in [0.29, 0.717) is 35.3 Å². The second-order valence-corrected chi connectivity index (χ2v) is 6.96. The molecule has 0 spiro atoms. The van der Waals surface area contributed by atoms with E-state index in [9.17, 15) is 4.79 Å². The quantitative estimate of drug-likeness (QED) is 0.709. The molecule has 0 saturated carbocycles. The monoisotopic (exact) mass is 394 g/mol. The predicted octanol–water partition coefficient (Wildman–Crippen LogP) is 1.18. The summed E-state index contributed by atoms with van der Waals surface area (Å²) in [6, 6.07) is 3.54. The van der Waals surface area contributed by atoms with Crippen LogP contribution < -0.4 is 19.5 Å². The lowest BCUT2D eigenvalue weighted by Crippen LogP contribution is -2.52. The van der Waals surface area contributed by atoms with Crippen LogP contribution in [0.3, 0.4) is 0 Å². The van der Waals surface area contributed by atoms with Crippen LogP contribution in [0.1, 0.15) is 16.8 Å². The van der Waals surface area contributed by atoms with E-state index in [1.165, 1.54) is 7.11 Å². The lowest BCUT2D eigenvalue weighted by molar-refractivity contribution is 0.00166. The first-order chi connectivity index (χ1) is 13.7. The Balaban J connectivity index is 1.73. The van der Waals surface area contributed by atoms with Gasteiger partial charge in [-0.15, -0.1) is 0 Å². The van der Waals surface area contributed by atoms with Gasteiger partial charge in [0.2, 0.25) is 0 Å². The van der Waals surface area contributed by atoms with Crippen molar-refractivity contribution >= 4 is 5.91 Å². The molecule has 0 aromatic heterocycles. The van der Waals surface area contributed by atoms with Gasteiger partial charge in [-0.2, -0.15) is 0 Å². The van der Waals surface area contributed by atoms with Crippen LogP contribution in [0.5, 0.6) is 17.2 Å². The van der Waals surface area contributed by atoms with Crippen molar-refractivity contribution < 1.29 is 28.5 Å². The van der Waals surface area contributed by atoms with Crippen LogP contribution in [0.4, 0.5) is 0 Å². The maximum atomic E-state index is 12.9. The minimum Gasteiger partial charge on any atom is -0.496 e. The molecule has 1 amide bonds. The molecule has 0 aliphatic carbocycles. The van der Waals surface area contributed by atoms with Crippen molar-refractivity contribution in [3.05, 3.63) is 17.7 Å². The number of amides is 1. The fraction of sp³-hybridized carbons (Fsp3) is 0.650. The fourth-order valence-electron chi connectivity index (χ4n) is 3.86. The van der Waals surface area contributed by atoms with E-state index in [4.69, 9.17) is 23.7 Å². The molecule has 2 saturated heterocycles. The van der Waals surface area contributed by atoms with Gasteiger partial charge in [-0.05, 0) is 6.42 Å². The Hall–Kier alpha value is -2.03. The van der Waals surface area contributed by atoms with Crippen LogP contribution in [-0.4, -0.2) is 84.2 Å². The number of hydrogen-bond donors (Lipinski definition) is 1. The van der Waals surface area contributed by atoms with Crippen molar-refractivity contribution in [1.82, 2.24) is 10.2 Å². The minimum absolute atomic E-state index is 0.199. The minimum atomic E-state index is -0.199. The Kier molecular flexibility index (Phi) is 7.36. The molecule has 8 heteroatoms. The average Bonchev–Trinajstić information content (AvgIpc) is 3.28. The second-order valence-electron chi connectivity index (χ2n) is 6.96. The highest BCUT2D eigenvalue weighted by Gasteiger charge is 2.32. The molecule has 28 heavy (non-hydrogen) atoms. The number of carbonyl (C=O) groups excluding carboxylic acids is 1. The first-order valence-corrected chi connectivity index (χ1v) is 9.65. The normalized spacial score (nSPS) is 21.2. The molecule has 2 fully saturated rings. The summed E-state index contributed by atoms with van der Waals surface area (Å²) >= 11 is 0. The van der Waals surface area contributed by atoms with Gasteiger partial charge in [0.1, 0.15) is 5.75 Å². The number of methoxy groups -OCH3 is 3. The standard InChI is InChI=1S/C20H30N2O6/c1-24-17-11-19(26-3)18(25-2)10-15(17)20(23)21-12-16(14-4-7-28-13-14)22-5-8-27-9-6-22/h10-11,14,16H,4-9,12-13H2,1-3H3,(H,21,23). The molecule has 3 rings (SSSR count). The van der Waals surface area contributed by atoms with Gasteiger partial charge < -0.3 is 29.0 Å². The zero-order valence-corrected chi connectivity index (χ0v) is 16.9. The third kappa shape index (κ3) is 4.68. The molecule has 2 aliphatic heterocycles. The lowest BCUT2D eigenvalue weighted by atomic mass is 9.96. The van der Waals surface area contributed by atoms with Crippen LogP contribution >= 0.6 is 0 Å². The highest BCUT2D eigenvalue weighted by molar-refractivity contribution is 5.97. The zero-order chi connectivity index (χ0) is 19.9. The maximum absolute atomic E-state index is 12.9. The Bertz CT molecular complexity index is 656. The summed E-state index contributed by atoms with van der Waals surface area (Å²) in [7, 11) is 4.62. The summed E-state index contributed by atoms with van der Waals surface area (Å²) in [5.41, 5.74) is 0.420. The van der Waals surface area contributed by atoms with E-state index < -0.39 is 0 Å². The average molecular weight is 394 g/mol. The van der Waals surface area contributed by atoms with Crippen LogP contribution in [0.25, 0.3) is 0 Å². The summed E-state index contributed by atoms with van der Waals surface area (Å²) in [6.45, 7) is 5.25. The third-order valence-corrected chi connectivity index (χ3v) is 5.45. The maximum Gasteiger partial charge on any atom is 0.255 e. The SMILES string of the molecule is COc1cc(OC)c(C(=O)NCC(C2CCOC2)N2CCOCC2)cc1OC. The van der Waals surface area contributed by atoms with E-state index >= 15 is 0 Å². The third-order valence-electron chi connectivity index (χ3n) is 5.45. The van der Waals surface area contributed by atoms with Gasteiger partial charge in [-0.1, -0.05) is 0 Å². The van der Waals surface area contributed by atoms with E-state index in [0.717, 1.165) is 45.9 Å². The van der Waals surface area contributed by atoms with Gasteiger partial charge in [0, 0.05) is 50.3 Å². The molecule has 0 bridgehead atoms. The van der Waals surface area contributed by atoms with Crippen molar-refractivity contribution in [1.29, 1.82) is 0 Å². The Morgan fingerprint density at radius 3 is 2.36 bits per heavy atom. The molecule has 2 unspecified atom stereocenters. The second kappa shape index (κ2) is 9.95. The van der Waals surface area contributed by atoms with Crippen LogP contribution in [-0.2, 0) is 9.47 Å². The van der Waals surface area contributed by atoms with Gasteiger partial charge in [0.05, 0.1) is 46.7 Å². The number of rotatable bonds is 8. The first-order valence-electron chi connectivity index (χ1n) is 9.65. The van der Waals surface area contributed by atoms with E-state index in [-0.39, 0.29) is 11.9 Å². The molecule has 2 heterocycles. The highest BCUT2D eigenvalue weighted by atomic mass is 16.5. The summed E-state index contributed by atoms with van der Waals surface area (Å²) in [5.74, 6) is 1.66. The van der Waals surface area contributed by atoms with E-state index in [1.54, 1.807) is 26.4 Å². The number of carbonyl (C=O) groups is 1. The number of morpholine rings is 1. The van der Waals surface area contributed by atoms with Gasteiger partial charge in [-0.3, -0.25) is 9.69 Å². The lowest BCUT2D eigenvalue weighted by Gasteiger charge is -2.37. The molecule has 0 radical (unpaired) electrons. The Morgan fingerprint density at radius 2 is 1.75 bits per heavy atom. The number of benzene rings is 1. The summed E-state index contributed by atoms with van der Waals surface area (Å²) in [6.07, 6.45) is 1.01. The summed E-state index contributed by atoms with van der Waals surface area (Å²) in [5, 5.41) is 3.08. The highest BCUT2D eigenvalue weighted by Crippen LogP contribution is 2.34. The smallest absolute Gasteiger partial charge is 0.255 e. The van der Waals surface area contributed by atoms with Gasteiger partial charge in [-0.25, -0.2) is 0 Å². The van der Waals surface area contributed by atoms with Crippen molar-refractivity contribution in [3.63, 3.8) is 0 Å². The molecule has 2 atom stereocenters. The van der Waals surface area contributed by atoms with Crippen LogP contribution in [0, 0.1) is 5.92 Å². The predicted molar refractivity (Wildman–Crippen MR) is 104 cm³/mol. The molecule has 2 aliphatic rings. The number of ether oxygens (including phenoxy) is 5. The van der Waals surface area contributed by atoms with Crippen LogP contribution in [0.2, 0.25) is 0 Å². The Labute approximate surface area is 166 Å². The van der Waals surface area contributed by atoms with E-state index in [2.05, 4.69) is 10.2 Å². The summed E-state index contributed by atoms with van der Waals surface area (Å²) in [4.78, 5) is 15.3. The largest absolute Gasteiger partial charge is 0.496 e. The zero-order valence-electron chi connectivity index (χ0n) is 16.9. The molecule has 1 aromatic carbocycles. The van der Waals surface area contributed by atoms with Gasteiger partial charge >= 0.3 is 0 Å². The van der Waals surface area contributed by atoms with Gasteiger partial charge in [0.15, 0.2) is 11.5 Å². The van der Waals surface area contributed by atoms with Gasteiger partial charge in [0.25, 0.3) is 5.91 Å². The first kappa shape index (κ1) is 20.7. The summed E-state index contributed by atoms with van der Waals surface area (Å²) < 4.78 is 27.1. The molecule has 8 nitrogen and oxygen atoms in total. The molecular formula is C20H30N2O6. The topological polar surface area (TPSA) is 78.5 Å². The fourth-order valence-corrected chi connectivity index (χ4v) is 3.86. The van der Waals surface area contributed by atoms with Crippen molar-refractivity contribution in [2.45, 2.75) is 12.5 Å². The number of hydrogen-bond acceptors (Lipinski definition) is 7. The van der Waals surface area contributed by atoms with Crippen molar-refractivity contribution in [2.75, 3.05) is 67.4 Å².